The van der Waals surface area contributed by atoms with Crippen LogP contribution < -0.4 is 0 Å². The predicted octanol–water partition coefficient (Wildman–Crippen LogP) is 0.634. The Bertz CT molecular complexity index is 178. The van der Waals surface area contributed by atoms with E-state index in [4.69, 9.17) is 0 Å². The van der Waals surface area contributed by atoms with E-state index in [9.17, 15) is 8.42 Å². The summed E-state index contributed by atoms with van der Waals surface area (Å²) in [7, 11) is -1.99. The standard InChI is InChI=1S/C5H8O2S/c1-2-3-4-5-8(6)7/h2-3,5H,4H2,1H3. The highest BCUT2D eigenvalue weighted by Crippen LogP contribution is 1.73. The molecule has 0 bridgehead atoms. The predicted molar refractivity (Wildman–Crippen MR) is 34.4 cm³/mol. The maximum absolute atomic E-state index is 9.78. The van der Waals surface area contributed by atoms with Gasteiger partial charge in [0.25, 0.3) is 0 Å². The van der Waals surface area contributed by atoms with Crippen LogP contribution in [0.4, 0.5) is 0 Å². The minimum Gasteiger partial charge on any atom is -0.185 e. The second-order valence-electron chi connectivity index (χ2n) is 1.23. The molecule has 0 saturated heterocycles. The van der Waals surface area contributed by atoms with Crippen molar-refractivity contribution in [2.24, 2.45) is 0 Å². The smallest absolute Gasteiger partial charge is 0.185 e. The monoisotopic (exact) mass is 132 g/mol. The van der Waals surface area contributed by atoms with Crippen LogP contribution >= 0.6 is 0 Å². The molecule has 3 heteroatoms. The van der Waals surface area contributed by atoms with Gasteiger partial charge in [-0.15, -0.1) is 0 Å². The third-order valence-corrected chi connectivity index (χ3v) is 1.07. The summed E-state index contributed by atoms with van der Waals surface area (Å²) in [6.45, 7) is 1.85. The lowest BCUT2D eigenvalue weighted by Gasteiger charge is -1.68. The van der Waals surface area contributed by atoms with E-state index in [1.54, 1.807) is 6.08 Å². The first kappa shape index (κ1) is 7.43. The molecular formula is C5H8O2S. The summed E-state index contributed by atoms with van der Waals surface area (Å²) in [6.07, 6.45) is 4.09. The van der Waals surface area contributed by atoms with Crippen molar-refractivity contribution in [3.63, 3.8) is 0 Å². The summed E-state index contributed by atoms with van der Waals surface area (Å²) in [6, 6.07) is 0. The lowest BCUT2D eigenvalue weighted by molar-refractivity contribution is 0.627. The van der Waals surface area contributed by atoms with Crippen LogP contribution in [0.5, 0.6) is 0 Å². The number of hydrogen-bond acceptors (Lipinski definition) is 2. The molecule has 0 amide bonds. The van der Waals surface area contributed by atoms with E-state index in [0.717, 1.165) is 0 Å². The summed E-state index contributed by atoms with van der Waals surface area (Å²) >= 11 is 0. The Morgan fingerprint density at radius 2 is 2.12 bits per heavy atom. The second-order valence-corrected chi connectivity index (χ2v) is 2.09. The Kier molecular flexibility index (Phi) is 4.26. The highest BCUT2D eigenvalue weighted by Gasteiger charge is 1.67. The van der Waals surface area contributed by atoms with E-state index in [2.05, 4.69) is 0 Å². The lowest BCUT2D eigenvalue weighted by atomic mass is 10.4. The van der Waals surface area contributed by atoms with E-state index in [1.165, 1.54) is 5.37 Å². The van der Waals surface area contributed by atoms with Crippen LogP contribution in [0, 0.1) is 0 Å². The number of rotatable bonds is 2. The van der Waals surface area contributed by atoms with Crippen LogP contribution in [-0.2, 0) is 10.3 Å². The molecule has 0 heterocycles. The van der Waals surface area contributed by atoms with Crippen molar-refractivity contribution in [2.75, 3.05) is 0 Å². The van der Waals surface area contributed by atoms with Crippen molar-refractivity contribution in [3.8, 4) is 0 Å². The molecule has 0 aliphatic heterocycles. The molecule has 0 fully saturated rings. The topological polar surface area (TPSA) is 34.1 Å². The minimum absolute atomic E-state index is 0.507. The highest BCUT2D eigenvalue weighted by atomic mass is 32.2. The molecule has 0 N–H and O–H groups in total. The molecule has 0 aliphatic rings. The fourth-order valence-electron chi connectivity index (χ4n) is 0.270. The lowest BCUT2D eigenvalue weighted by Crippen LogP contribution is -1.68. The zero-order valence-corrected chi connectivity index (χ0v) is 5.48. The van der Waals surface area contributed by atoms with Gasteiger partial charge in [0, 0.05) is 5.37 Å². The summed E-state index contributed by atoms with van der Waals surface area (Å²) in [5.41, 5.74) is 0. The first-order valence-electron chi connectivity index (χ1n) is 2.30. The maximum atomic E-state index is 9.78. The van der Waals surface area contributed by atoms with Crippen molar-refractivity contribution in [1.29, 1.82) is 0 Å². The Morgan fingerprint density at radius 3 is 2.50 bits per heavy atom. The molecular weight excluding hydrogens is 124 g/mol. The Balaban J connectivity index is 3.63. The summed E-state index contributed by atoms with van der Waals surface area (Å²) < 4.78 is 19.6. The van der Waals surface area contributed by atoms with Crippen molar-refractivity contribution >= 4 is 15.7 Å². The Labute approximate surface area is 50.4 Å². The molecule has 0 aromatic rings. The Morgan fingerprint density at radius 1 is 1.50 bits per heavy atom. The zero-order chi connectivity index (χ0) is 6.41. The van der Waals surface area contributed by atoms with Gasteiger partial charge in [0.2, 0.25) is 10.3 Å². The van der Waals surface area contributed by atoms with Crippen LogP contribution in [0.1, 0.15) is 13.3 Å². The van der Waals surface area contributed by atoms with E-state index in [-0.39, 0.29) is 0 Å². The van der Waals surface area contributed by atoms with Crippen molar-refractivity contribution in [2.45, 2.75) is 13.3 Å². The van der Waals surface area contributed by atoms with Crippen LogP contribution in [-0.4, -0.2) is 13.8 Å². The van der Waals surface area contributed by atoms with E-state index in [1.807, 2.05) is 13.0 Å². The van der Waals surface area contributed by atoms with Gasteiger partial charge in [-0.25, -0.2) is 0 Å². The van der Waals surface area contributed by atoms with Gasteiger partial charge < -0.3 is 0 Å². The molecule has 0 rings (SSSR count). The second kappa shape index (κ2) is 4.59. The molecule has 0 aromatic heterocycles. The normalized spacial score (nSPS) is 9.62. The first-order chi connectivity index (χ1) is 3.77. The average molecular weight is 132 g/mol. The summed E-state index contributed by atoms with van der Waals surface area (Å²) in [4.78, 5) is 0. The van der Waals surface area contributed by atoms with E-state index < -0.39 is 10.3 Å². The molecule has 0 aromatic carbocycles. The van der Waals surface area contributed by atoms with Crippen LogP contribution in [0.25, 0.3) is 0 Å². The minimum atomic E-state index is -1.99. The average Bonchev–Trinajstić information content (AvgIpc) is 1.66. The molecule has 0 atom stereocenters. The summed E-state index contributed by atoms with van der Waals surface area (Å²) in [5.74, 6) is 0. The van der Waals surface area contributed by atoms with Crippen molar-refractivity contribution < 1.29 is 8.42 Å². The SMILES string of the molecule is CC=CCC=S(=O)=O. The molecule has 2 nitrogen and oxygen atoms in total. The van der Waals surface area contributed by atoms with Gasteiger partial charge in [0.1, 0.15) is 0 Å². The Hall–Kier alpha value is -0.570. The van der Waals surface area contributed by atoms with Gasteiger partial charge in [-0.1, -0.05) is 12.2 Å². The van der Waals surface area contributed by atoms with Gasteiger partial charge in [0.15, 0.2) is 0 Å². The molecule has 46 valence electrons. The number of hydrogen-bond donors (Lipinski definition) is 0. The maximum Gasteiger partial charge on any atom is 0.210 e. The van der Waals surface area contributed by atoms with Gasteiger partial charge in [0.05, 0.1) is 0 Å². The van der Waals surface area contributed by atoms with Crippen LogP contribution in [0.15, 0.2) is 12.2 Å². The molecule has 0 aliphatic carbocycles. The first-order valence-corrected chi connectivity index (χ1v) is 3.43. The van der Waals surface area contributed by atoms with E-state index >= 15 is 0 Å². The van der Waals surface area contributed by atoms with Crippen molar-refractivity contribution in [3.05, 3.63) is 12.2 Å². The molecule has 0 unspecified atom stereocenters. The van der Waals surface area contributed by atoms with E-state index in [0.29, 0.717) is 6.42 Å². The third kappa shape index (κ3) is 5.43. The zero-order valence-electron chi connectivity index (χ0n) is 4.66. The van der Waals surface area contributed by atoms with Gasteiger partial charge in [-0.3, -0.25) is 0 Å². The largest absolute Gasteiger partial charge is 0.210 e. The number of allylic oxidation sites excluding steroid dienone is 2. The quantitative estimate of drug-likeness (QED) is 0.408. The summed E-state index contributed by atoms with van der Waals surface area (Å²) in [5, 5.41) is 1.21. The van der Waals surface area contributed by atoms with Crippen molar-refractivity contribution in [1.82, 2.24) is 0 Å². The van der Waals surface area contributed by atoms with Gasteiger partial charge in [-0.05, 0) is 13.3 Å². The molecule has 8 heavy (non-hydrogen) atoms. The fraction of sp³-hybridized carbons (Fsp3) is 0.400. The van der Waals surface area contributed by atoms with Gasteiger partial charge >= 0.3 is 0 Å². The van der Waals surface area contributed by atoms with Gasteiger partial charge in [-0.2, -0.15) is 8.42 Å². The molecule has 0 spiro atoms. The molecule has 0 saturated carbocycles. The van der Waals surface area contributed by atoms with Crippen LogP contribution in [0.3, 0.4) is 0 Å². The third-order valence-electron chi connectivity index (χ3n) is 0.604. The van der Waals surface area contributed by atoms with Crippen LogP contribution in [0.2, 0.25) is 0 Å². The fourth-order valence-corrected chi connectivity index (χ4v) is 0.538. The molecule has 0 radical (unpaired) electrons. The highest BCUT2D eigenvalue weighted by molar-refractivity contribution is 7.71.